The monoisotopic (exact) mass is 344 g/mol. The van der Waals surface area contributed by atoms with Gasteiger partial charge in [0, 0.05) is 29.2 Å². The fourth-order valence-electron chi connectivity index (χ4n) is 3.74. The molecule has 1 atom stereocenters. The number of carbonyl (C=O) groups excluding carboxylic acids is 2. The summed E-state index contributed by atoms with van der Waals surface area (Å²) < 4.78 is 0. The van der Waals surface area contributed by atoms with Gasteiger partial charge in [0.05, 0.1) is 11.6 Å². The number of anilines is 1. The summed E-state index contributed by atoms with van der Waals surface area (Å²) in [5.74, 6) is -0.0696. The van der Waals surface area contributed by atoms with Crippen LogP contribution in [0.2, 0.25) is 0 Å². The smallest absolute Gasteiger partial charge is 0.229 e. The summed E-state index contributed by atoms with van der Waals surface area (Å²) in [5.41, 5.74) is 0.900. The number of likely N-dealkylation sites (tertiary alicyclic amines) is 1. The van der Waals surface area contributed by atoms with Gasteiger partial charge < -0.3 is 10.2 Å². The molecule has 1 aromatic rings. The van der Waals surface area contributed by atoms with Crippen molar-refractivity contribution in [1.29, 1.82) is 0 Å². The minimum absolute atomic E-state index is 0.00836. The summed E-state index contributed by atoms with van der Waals surface area (Å²) in [6.45, 7) is 0.591. The van der Waals surface area contributed by atoms with E-state index in [1.807, 2.05) is 34.9 Å². The maximum atomic E-state index is 12.6. The fraction of sp³-hybridized carbons (Fsp3) is 0.579. The van der Waals surface area contributed by atoms with Crippen molar-refractivity contribution in [3.63, 3.8) is 0 Å². The molecule has 4 nitrogen and oxygen atoms in total. The Morgan fingerprint density at radius 3 is 2.62 bits per heavy atom. The third-order valence-electron chi connectivity index (χ3n) is 5.26. The summed E-state index contributed by atoms with van der Waals surface area (Å²) >= 11 is 1.89. The first-order chi connectivity index (χ1) is 11.7. The zero-order valence-corrected chi connectivity index (χ0v) is 14.7. The fourth-order valence-corrected chi connectivity index (χ4v) is 5.07. The number of nitrogens with one attached hydrogen (secondary N) is 1. The largest absolute Gasteiger partial charge is 0.339 e. The minimum atomic E-state index is -0.206. The van der Waals surface area contributed by atoms with E-state index in [0.717, 1.165) is 23.4 Å². The molecule has 1 heterocycles. The molecular formula is C19H24N2O2S. The molecule has 2 amide bonds. The first-order valence-electron chi connectivity index (χ1n) is 9.07. The average molecular weight is 344 g/mol. The molecule has 1 aliphatic heterocycles. The first kappa shape index (κ1) is 16.0. The van der Waals surface area contributed by atoms with Crippen LogP contribution < -0.4 is 5.32 Å². The number of benzene rings is 1. The van der Waals surface area contributed by atoms with Crippen LogP contribution in [0, 0.1) is 5.92 Å². The van der Waals surface area contributed by atoms with E-state index in [0.29, 0.717) is 24.3 Å². The van der Waals surface area contributed by atoms with E-state index in [1.54, 1.807) is 0 Å². The molecule has 0 radical (unpaired) electrons. The van der Waals surface area contributed by atoms with Crippen LogP contribution in [0.25, 0.3) is 0 Å². The zero-order valence-electron chi connectivity index (χ0n) is 13.9. The van der Waals surface area contributed by atoms with E-state index >= 15 is 0 Å². The molecule has 24 heavy (non-hydrogen) atoms. The van der Waals surface area contributed by atoms with E-state index in [1.165, 1.54) is 25.7 Å². The van der Waals surface area contributed by atoms with Crippen molar-refractivity contribution >= 4 is 29.3 Å². The molecule has 2 aliphatic carbocycles. The van der Waals surface area contributed by atoms with Gasteiger partial charge >= 0.3 is 0 Å². The normalized spacial score (nSPS) is 24.6. The van der Waals surface area contributed by atoms with Crippen molar-refractivity contribution < 1.29 is 9.59 Å². The molecule has 3 fully saturated rings. The van der Waals surface area contributed by atoms with Gasteiger partial charge in [-0.2, -0.15) is 0 Å². The molecular weight excluding hydrogens is 320 g/mol. The zero-order chi connectivity index (χ0) is 16.5. The van der Waals surface area contributed by atoms with E-state index in [2.05, 4.69) is 11.4 Å². The van der Waals surface area contributed by atoms with Gasteiger partial charge in [-0.15, -0.1) is 11.8 Å². The summed E-state index contributed by atoms with van der Waals surface area (Å²) in [6, 6.07) is 8.46. The molecule has 4 rings (SSSR count). The van der Waals surface area contributed by atoms with E-state index in [-0.39, 0.29) is 17.7 Å². The Hall–Kier alpha value is -1.49. The summed E-state index contributed by atoms with van der Waals surface area (Å²) in [5, 5.41) is 3.76. The molecule has 0 spiro atoms. The Morgan fingerprint density at radius 2 is 1.88 bits per heavy atom. The quantitative estimate of drug-likeness (QED) is 0.886. The Bertz CT molecular complexity index is 638. The predicted octanol–water partition coefficient (Wildman–Crippen LogP) is 3.67. The van der Waals surface area contributed by atoms with Crippen LogP contribution in [0.5, 0.6) is 0 Å². The highest BCUT2D eigenvalue weighted by Gasteiger charge is 2.41. The maximum absolute atomic E-state index is 12.6. The van der Waals surface area contributed by atoms with Gasteiger partial charge in [-0.3, -0.25) is 9.59 Å². The Morgan fingerprint density at radius 1 is 1.12 bits per heavy atom. The highest BCUT2D eigenvalue weighted by Crippen LogP contribution is 2.38. The number of hydrogen-bond acceptors (Lipinski definition) is 3. The van der Waals surface area contributed by atoms with Crippen molar-refractivity contribution in [2.24, 2.45) is 5.92 Å². The lowest BCUT2D eigenvalue weighted by molar-refractivity contribution is -0.128. The Kier molecular flexibility index (Phi) is 4.53. The number of amides is 2. The highest BCUT2D eigenvalue weighted by molar-refractivity contribution is 8.00. The lowest BCUT2D eigenvalue weighted by Gasteiger charge is -2.17. The predicted molar refractivity (Wildman–Crippen MR) is 96.0 cm³/mol. The molecule has 0 bridgehead atoms. The van der Waals surface area contributed by atoms with Gasteiger partial charge in [-0.25, -0.2) is 0 Å². The van der Waals surface area contributed by atoms with Gasteiger partial charge in [0.15, 0.2) is 0 Å². The van der Waals surface area contributed by atoms with Crippen LogP contribution in [0.3, 0.4) is 0 Å². The van der Waals surface area contributed by atoms with Crippen LogP contribution >= 0.6 is 11.8 Å². The van der Waals surface area contributed by atoms with Crippen LogP contribution in [-0.2, 0) is 9.59 Å². The number of para-hydroxylation sites is 1. The van der Waals surface area contributed by atoms with Crippen molar-refractivity contribution in [3.05, 3.63) is 24.3 Å². The molecule has 5 heteroatoms. The number of carbonyl (C=O) groups is 2. The second-order valence-electron chi connectivity index (χ2n) is 7.19. The van der Waals surface area contributed by atoms with Crippen LogP contribution in [0.4, 0.5) is 5.69 Å². The van der Waals surface area contributed by atoms with Crippen LogP contribution in [-0.4, -0.2) is 34.6 Å². The summed E-state index contributed by atoms with van der Waals surface area (Å²) in [7, 11) is 0. The molecule has 1 saturated heterocycles. The topological polar surface area (TPSA) is 49.4 Å². The molecule has 3 aliphatic rings. The standard InChI is InChI=1S/C19H24N2O2S/c22-18-11-13(12-21(18)14-9-10-14)19(23)20-16-7-3-4-8-17(16)24-15-5-1-2-6-15/h3-4,7-8,13-15H,1-2,5-6,9-12H2,(H,20,23). The molecule has 1 aromatic carbocycles. The minimum Gasteiger partial charge on any atom is -0.339 e. The number of rotatable bonds is 5. The van der Waals surface area contributed by atoms with Crippen LogP contribution in [0.15, 0.2) is 29.2 Å². The first-order valence-corrected chi connectivity index (χ1v) is 9.94. The number of nitrogens with zero attached hydrogens (tertiary/aromatic N) is 1. The van der Waals surface area contributed by atoms with Crippen molar-refractivity contribution in [3.8, 4) is 0 Å². The lowest BCUT2D eigenvalue weighted by atomic mass is 10.1. The summed E-state index contributed by atoms with van der Waals surface area (Å²) in [4.78, 5) is 27.8. The van der Waals surface area contributed by atoms with Gasteiger partial charge in [-0.1, -0.05) is 25.0 Å². The van der Waals surface area contributed by atoms with Crippen molar-refractivity contribution in [1.82, 2.24) is 4.90 Å². The van der Waals surface area contributed by atoms with E-state index in [4.69, 9.17) is 0 Å². The number of thioether (sulfide) groups is 1. The highest BCUT2D eigenvalue weighted by atomic mass is 32.2. The van der Waals surface area contributed by atoms with Gasteiger partial charge in [0.2, 0.25) is 11.8 Å². The second-order valence-corrected chi connectivity index (χ2v) is 8.53. The van der Waals surface area contributed by atoms with E-state index in [9.17, 15) is 9.59 Å². The lowest BCUT2D eigenvalue weighted by Crippen LogP contribution is -2.30. The molecule has 1 N–H and O–H groups in total. The molecule has 1 unspecified atom stereocenters. The third kappa shape index (κ3) is 3.46. The Balaban J connectivity index is 1.41. The van der Waals surface area contributed by atoms with Crippen LogP contribution in [0.1, 0.15) is 44.9 Å². The number of hydrogen-bond donors (Lipinski definition) is 1. The van der Waals surface area contributed by atoms with Gasteiger partial charge in [0.1, 0.15) is 0 Å². The molecule has 0 aromatic heterocycles. The van der Waals surface area contributed by atoms with Crippen molar-refractivity contribution in [2.45, 2.75) is 61.1 Å². The van der Waals surface area contributed by atoms with Gasteiger partial charge in [-0.05, 0) is 37.8 Å². The van der Waals surface area contributed by atoms with Gasteiger partial charge in [0.25, 0.3) is 0 Å². The van der Waals surface area contributed by atoms with E-state index < -0.39 is 0 Å². The second kappa shape index (κ2) is 6.79. The third-order valence-corrected chi connectivity index (χ3v) is 6.67. The maximum Gasteiger partial charge on any atom is 0.229 e. The summed E-state index contributed by atoms with van der Waals surface area (Å²) in [6.07, 6.45) is 7.71. The molecule has 128 valence electrons. The average Bonchev–Trinajstić information content (AvgIpc) is 3.14. The molecule has 2 saturated carbocycles. The van der Waals surface area contributed by atoms with Crippen molar-refractivity contribution in [2.75, 3.05) is 11.9 Å². The SMILES string of the molecule is O=C(Nc1ccccc1SC1CCCC1)C1CC(=O)N(C2CC2)C1. The Labute approximate surface area is 147 Å².